The fourth-order valence-electron chi connectivity index (χ4n) is 4.46. The number of para-hydroxylation sites is 1. The normalized spacial score (nSPS) is 11.3. The van der Waals surface area contributed by atoms with Gasteiger partial charge in [-0.15, -0.1) is 11.3 Å². The maximum atomic E-state index is 13.4. The molecule has 0 unspecified atom stereocenters. The van der Waals surface area contributed by atoms with Crippen molar-refractivity contribution in [3.63, 3.8) is 0 Å². The number of fused-ring (bicyclic) bond motifs is 1. The molecule has 0 amide bonds. The summed E-state index contributed by atoms with van der Waals surface area (Å²) in [5.41, 5.74) is 3.06. The van der Waals surface area contributed by atoms with Gasteiger partial charge in [-0.3, -0.25) is 4.79 Å². The predicted octanol–water partition coefficient (Wildman–Crippen LogP) is 6.79. The van der Waals surface area contributed by atoms with Gasteiger partial charge >= 0.3 is 11.9 Å². The van der Waals surface area contributed by atoms with Gasteiger partial charge in [0.25, 0.3) is 0 Å². The first-order chi connectivity index (χ1) is 19.3. The van der Waals surface area contributed by atoms with Crippen LogP contribution in [0.5, 0.6) is 0 Å². The molecule has 0 aliphatic heterocycles. The van der Waals surface area contributed by atoms with E-state index >= 15 is 0 Å². The highest BCUT2D eigenvalue weighted by molar-refractivity contribution is 7.14. The van der Waals surface area contributed by atoms with Crippen molar-refractivity contribution in [3.8, 4) is 6.07 Å². The quantitative estimate of drug-likeness (QED) is 0.117. The Hall–Kier alpha value is -4.19. The number of nitriles is 1. The van der Waals surface area contributed by atoms with Crippen molar-refractivity contribution >= 4 is 57.6 Å². The Morgan fingerprint density at radius 3 is 2.40 bits per heavy atom. The summed E-state index contributed by atoms with van der Waals surface area (Å²) >= 11 is 7.40. The lowest BCUT2D eigenvalue weighted by atomic mass is 10.0. The summed E-state index contributed by atoms with van der Waals surface area (Å²) in [5.74, 6) is -1.68. The zero-order valence-corrected chi connectivity index (χ0v) is 23.9. The minimum atomic E-state index is -0.625. The molecule has 4 aromatic rings. The van der Waals surface area contributed by atoms with Gasteiger partial charge in [0.05, 0.1) is 24.4 Å². The SMILES string of the molecule is CCOC(=O)c1sc(CC(=O)C(C#N)=Cc2cn(Cc3ccccc3Cl)c3ccccc23)c(C(=O)OCC)c1C. The van der Waals surface area contributed by atoms with E-state index in [4.69, 9.17) is 21.1 Å². The van der Waals surface area contributed by atoms with Crippen LogP contribution in [0, 0.1) is 18.3 Å². The molecule has 0 saturated heterocycles. The van der Waals surface area contributed by atoms with E-state index in [0.29, 0.717) is 27.6 Å². The maximum Gasteiger partial charge on any atom is 0.348 e. The summed E-state index contributed by atoms with van der Waals surface area (Å²) in [6.45, 7) is 5.81. The molecular weight excluding hydrogens is 548 g/mol. The number of nitrogens with zero attached hydrogens (tertiary/aromatic N) is 2. The minimum absolute atomic E-state index is 0.0702. The van der Waals surface area contributed by atoms with Gasteiger partial charge in [0.2, 0.25) is 0 Å². The lowest BCUT2D eigenvalue weighted by Gasteiger charge is -2.07. The van der Waals surface area contributed by atoms with Gasteiger partial charge in [-0.1, -0.05) is 48.0 Å². The van der Waals surface area contributed by atoms with E-state index in [0.717, 1.165) is 27.8 Å². The summed E-state index contributed by atoms with van der Waals surface area (Å²) in [6.07, 6.45) is 3.21. The van der Waals surface area contributed by atoms with Crippen LogP contribution in [0.3, 0.4) is 0 Å². The van der Waals surface area contributed by atoms with Crippen LogP contribution in [0.2, 0.25) is 5.02 Å². The van der Waals surface area contributed by atoms with Crippen LogP contribution in [-0.4, -0.2) is 35.5 Å². The standard InChI is InChI=1S/C31H27ClN2O5S/c1-4-38-30(36)28-19(3)29(31(37)39-5-2)40-27(28)15-26(35)21(16-33)14-22-18-34(25-13-9-7-11-23(22)25)17-20-10-6-8-12-24(20)32/h6-14,18H,4-5,15,17H2,1-3H3. The number of Topliss-reactive ketones (excluding diaryl/α,β-unsaturated/α-hetero) is 1. The van der Waals surface area contributed by atoms with Crippen molar-refractivity contribution in [1.29, 1.82) is 5.26 Å². The Bertz CT molecular complexity index is 1670. The number of thiophene rings is 1. The number of aromatic nitrogens is 1. The first-order valence-corrected chi connectivity index (χ1v) is 13.9. The Kier molecular flexibility index (Phi) is 9.20. The van der Waals surface area contributed by atoms with E-state index in [9.17, 15) is 19.6 Å². The number of ether oxygens (including phenoxy) is 2. The van der Waals surface area contributed by atoms with Crippen LogP contribution >= 0.6 is 22.9 Å². The molecule has 9 heteroatoms. The number of benzene rings is 2. The number of ketones is 1. The number of hydrogen-bond acceptors (Lipinski definition) is 7. The van der Waals surface area contributed by atoms with Crippen LogP contribution in [-0.2, 0) is 27.2 Å². The molecule has 2 aromatic heterocycles. The van der Waals surface area contributed by atoms with Crippen LogP contribution < -0.4 is 0 Å². The topological polar surface area (TPSA) is 98.4 Å². The molecule has 2 heterocycles. The largest absolute Gasteiger partial charge is 0.462 e. The molecule has 0 aliphatic rings. The molecule has 4 rings (SSSR count). The van der Waals surface area contributed by atoms with Gasteiger partial charge < -0.3 is 14.0 Å². The van der Waals surface area contributed by atoms with Crippen LogP contribution in [0.4, 0.5) is 0 Å². The molecule has 0 aliphatic carbocycles. The molecule has 204 valence electrons. The van der Waals surface area contributed by atoms with Gasteiger partial charge in [0.15, 0.2) is 5.78 Å². The van der Waals surface area contributed by atoms with Gasteiger partial charge in [-0.25, -0.2) is 9.59 Å². The minimum Gasteiger partial charge on any atom is -0.462 e. The summed E-state index contributed by atoms with van der Waals surface area (Å²) in [6, 6.07) is 17.3. The van der Waals surface area contributed by atoms with Crippen molar-refractivity contribution in [2.75, 3.05) is 13.2 Å². The molecule has 0 radical (unpaired) electrons. The first-order valence-electron chi connectivity index (χ1n) is 12.7. The van der Waals surface area contributed by atoms with Crippen molar-refractivity contribution in [2.24, 2.45) is 0 Å². The molecule has 0 atom stereocenters. The van der Waals surface area contributed by atoms with E-state index in [-0.39, 0.29) is 35.6 Å². The zero-order valence-electron chi connectivity index (χ0n) is 22.3. The van der Waals surface area contributed by atoms with Crippen LogP contribution in [0.25, 0.3) is 17.0 Å². The van der Waals surface area contributed by atoms with Crippen molar-refractivity contribution in [3.05, 3.63) is 97.3 Å². The van der Waals surface area contributed by atoms with E-state index < -0.39 is 17.7 Å². The number of rotatable bonds is 10. The molecule has 0 N–H and O–H groups in total. The lowest BCUT2D eigenvalue weighted by Crippen LogP contribution is -2.12. The van der Waals surface area contributed by atoms with Crippen molar-refractivity contribution < 1.29 is 23.9 Å². The second-order valence-corrected chi connectivity index (χ2v) is 10.4. The van der Waals surface area contributed by atoms with E-state index in [2.05, 4.69) is 0 Å². The number of carbonyl (C=O) groups excluding carboxylic acids is 3. The average Bonchev–Trinajstić information content (AvgIpc) is 3.45. The number of esters is 2. The third-order valence-electron chi connectivity index (χ3n) is 6.32. The fourth-order valence-corrected chi connectivity index (χ4v) is 5.84. The Balaban J connectivity index is 1.71. The molecule has 0 fully saturated rings. The second-order valence-electron chi connectivity index (χ2n) is 8.89. The Morgan fingerprint density at radius 1 is 1.02 bits per heavy atom. The zero-order chi connectivity index (χ0) is 28.8. The fraction of sp³-hybridized carbons (Fsp3) is 0.226. The van der Waals surface area contributed by atoms with Gasteiger partial charge in [0, 0.05) is 45.5 Å². The number of carbonyl (C=O) groups is 3. The van der Waals surface area contributed by atoms with E-state index in [1.165, 1.54) is 0 Å². The molecule has 0 saturated carbocycles. The highest BCUT2D eigenvalue weighted by Crippen LogP contribution is 2.32. The molecule has 0 bridgehead atoms. The number of hydrogen-bond donors (Lipinski definition) is 0. The smallest absolute Gasteiger partial charge is 0.348 e. The first kappa shape index (κ1) is 28.8. The molecule has 40 heavy (non-hydrogen) atoms. The monoisotopic (exact) mass is 574 g/mol. The highest BCUT2D eigenvalue weighted by atomic mass is 35.5. The molecule has 2 aromatic carbocycles. The van der Waals surface area contributed by atoms with E-state index in [1.807, 2.05) is 65.4 Å². The average molecular weight is 575 g/mol. The molecule has 0 spiro atoms. The summed E-state index contributed by atoms with van der Waals surface area (Å²) in [7, 11) is 0. The van der Waals surface area contributed by atoms with Crippen molar-refractivity contribution in [1.82, 2.24) is 4.57 Å². The number of allylic oxidation sites excluding steroid dienone is 1. The lowest BCUT2D eigenvalue weighted by molar-refractivity contribution is -0.114. The van der Waals surface area contributed by atoms with Crippen LogP contribution in [0.1, 0.15) is 55.4 Å². The molecular formula is C31H27ClN2O5S. The van der Waals surface area contributed by atoms with E-state index in [1.54, 1.807) is 26.8 Å². The van der Waals surface area contributed by atoms with Crippen LogP contribution in [0.15, 0.2) is 60.3 Å². The third kappa shape index (κ3) is 6.01. The summed E-state index contributed by atoms with van der Waals surface area (Å²) < 4.78 is 12.3. The molecule has 7 nitrogen and oxygen atoms in total. The summed E-state index contributed by atoms with van der Waals surface area (Å²) in [5, 5.41) is 11.5. The third-order valence-corrected chi connectivity index (χ3v) is 7.96. The Morgan fingerprint density at radius 2 is 1.70 bits per heavy atom. The number of halogens is 1. The van der Waals surface area contributed by atoms with Crippen molar-refractivity contribution in [2.45, 2.75) is 33.7 Å². The predicted molar refractivity (Wildman–Crippen MR) is 156 cm³/mol. The maximum absolute atomic E-state index is 13.4. The Labute approximate surface area is 241 Å². The van der Waals surface area contributed by atoms with Gasteiger partial charge in [0.1, 0.15) is 10.9 Å². The summed E-state index contributed by atoms with van der Waals surface area (Å²) in [4.78, 5) is 39.2. The van der Waals surface area contributed by atoms with Gasteiger partial charge in [-0.05, 0) is 50.1 Å². The van der Waals surface area contributed by atoms with Gasteiger partial charge in [-0.2, -0.15) is 5.26 Å². The second kappa shape index (κ2) is 12.8. The highest BCUT2D eigenvalue weighted by Gasteiger charge is 2.28.